The minimum Gasteiger partial charge on any atom is -0.377 e. The number of aryl methyl sites for hydroxylation is 2. The highest BCUT2D eigenvalue weighted by Gasteiger charge is 2.38. The second-order valence-corrected chi connectivity index (χ2v) is 4.37. The van der Waals surface area contributed by atoms with Crippen molar-refractivity contribution in [1.82, 2.24) is 9.78 Å². The van der Waals surface area contributed by atoms with Crippen LogP contribution in [0.25, 0.3) is 0 Å². The van der Waals surface area contributed by atoms with Crippen molar-refractivity contribution in [3.63, 3.8) is 0 Å². The standard InChI is InChI=1S/C11H16N4O2/c1-3-15-11-9(7(2)13-15)12-10(16)8-6-17-5-4-14(8)11/h8H,3-6H2,1-2H3,(H,12,16). The molecule has 1 N–H and O–H groups in total. The van der Waals surface area contributed by atoms with E-state index in [9.17, 15) is 4.79 Å². The average Bonchev–Trinajstić information content (AvgIpc) is 2.67. The van der Waals surface area contributed by atoms with E-state index in [1.165, 1.54) is 0 Å². The summed E-state index contributed by atoms with van der Waals surface area (Å²) in [6.07, 6.45) is 0. The number of hydrogen-bond donors (Lipinski definition) is 1. The van der Waals surface area contributed by atoms with Crippen molar-refractivity contribution < 1.29 is 9.53 Å². The summed E-state index contributed by atoms with van der Waals surface area (Å²) in [5, 5.41) is 7.39. The zero-order chi connectivity index (χ0) is 12.0. The van der Waals surface area contributed by atoms with Crippen molar-refractivity contribution in [2.45, 2.75) is 26.4 Å². The highest BCUT2D eigenvalue weighted by Crippen LogP contribution is 2.35. The van der Waals surface area contributed by atoms with Crippen molar-refractivity contribution in [2.24, 2.45) is 0 Å². The molecule has 1 unspecified atom stereocenters. The maximum Gasteiger partial charge on any atom is 0.249 e. The van der Waals surface area contributed by atoms with Gasteiger partial charge in [-0.15, -0.1) is 0 Å². The first kappa shape index (κ1) is 10.6. The molecule has 1 aromatic heterocycles. The average molecular weight is 236 g/mol. The van der Waals surface area contributed by atoms with Crippen LogP contribution in [0, 0.1) is 6.92 Å². The van der Waals surface area contributed by atoms with Gasteiger partial charge in [0.25, 0.3) is 0 Å². The van der Waals surface area contributed by atoms with E-state index in [1.54, 1.807) is 0 Å². The Morgan fingerprint density at radius 3 is 3.18 bits per heavy atom. The molecule has 3 heterocycles. The summed E-state index contributed by atoms with van der Waals surface area (Å²) in [6.45, 7) is 6.65. The van der Waals surface area contributed by atoms with Crippen LogP contribution in [-0.4, -0.2) is 41.5 Å². The fraction of sp³-hybridized carbons (Fsp3) is 0.636. The molecular formula is C11H16N4O2. The van der Waals surface area contributed by atoms with E-state index >= 15 is 0 Å². The predicted molar refractivity (Wildman–Crippen MR) is 63.2 cm³/mol. The largest absolute Gasteiger partial charge is 0.377 e. The highest BCUT2D eigenvalue weighted by atomic mass is 16.5. The fourth-order valence-corrected chi connectivity index (χ4v) is 2.51. The molecule has 0 aliphatic carbocycles. The summed E-state index contributed by atoms with van der Waals surface area (Å²) >= 11 is 0. The third-order valence-electron chi connectivity index (χ3n) is 3.35. The number of fused-ring (bicyclic) bond motifs is 3. The molecule has 2 aliphatic rings. The second-order valence-electron chi connectivity index (χ2n) is 4.37. The van der Waals surface area contributed by atoms with Gasteiger partial charge in [0.15, 0.2) is 5.82 Å². The molecule has 0 radical (unpaired) electrons. The molecule has 1 amide bonds. The van der Waals surface area contributed by atoms with Crippen LogP contribution in [0.5, 0.6) is 0 Å². The molecule has 0 bridgehead atoms. The number of morpholine rings is 1. The summed E-state index contributed by atoms with van der Waals surface area (Å²) in [6, 6.07) is -0.211. The quantitative estimate of drug-likeness (QED) is 0.765. The smallest absolute Gasteiger partial charge is 0.249 e. The minimum atomic E-state index is -0.211. The lowest BCUT2D eigenvalue weighted by Crippen LogP contribution is -2.55. The Morgan fingerprint density at radius 1 is 1.59 bits per heavy atom. The normalized spacial score (nSPS) is 23.1. The second kappa shape index (κ2) is 3.73. The predicted octanol–water partition coefficient (Wildman–Crippen LogP) is 0.369. The molecular weight excluding hydrogens is 220 g/mol. The number of nitrogens with zero attached hydrogens (tertiary/aromatic N) is 3. The first-order valence-corrected chi connectivity index (χ1v) is 5.95. The van der Waals surface area contributed by atoms with Gasteiger partial charge in [0, 0.05) is 13.1 Å². The van der Waals surface area contributed by atoms with Crippen LogP contribution in [0.4, 0.5) is 11.5 Å². The maximum absolute atomic E-state index is 12.0. The molecule has 0 saturated carbocycles. The van der Waals surface area contributed by atoms with Crippen LogP contribution in [-0.2, 0) is 16.1 Å². The lowest BCUT2D eigenvalue weighted by atomic mass is 10.1. The molecule has 17 heavy (non-hydrogen) atoms. The van der Waals surface area contributed by atoms with Gasteiger partial charge >= 0.3 is 0 Å². The van der Waals surface area contributed by atoms with Gasteiger partial charge in [0.1, 0.15) is 11.7 Å². The van der Waals surface area contributed by atoms with Crippen LogP contribution < -0.4 is 10.2 Å². The van der Waals surface area contributed by atoms with E-state index in [1.807, 2.05) is 11.6 Å². The van der Waals surface area contributed by atoms with Gasteiger partial charge in [0.2, 0.25) is 5.91 Å². The molecule has 6 heteroatoms. The van der Waals surface area contributed by atoms with Crippen LogP contribution >= 0.6 is 0 Å². The van der Waals surface area contributed by atoms with Crippen LogP contribution in [0.15, 0.2) is 0 Å². The summed E-state index contributed by atoms with van der Waals surface area (Å²) in [7, 11) is 0. The molecule has 0 aromatic carbocycles. The molecule has 3 rings (SSSR count). The monoisotopic (exact) mass is 236 g/mol. The van der Waals surface area contributed by atoms with Crippen molar-refractivity contribution in [3.8, 4) is 0 Å². The molecule has 2 aliphatic heterocycles. The SMILES string of the molecule is CCn1nc(C)c2c1N1CCOCC1C(=O)N2. The lowest BCUT2D eigenvalue weighted by molar-refractivity contribution is -0.120. The lowest BCUT2D eigenvalue weighted by Gasteiger charge is -2.39. The Balaban J connectivity index is 2.11. The Kier molecular flexibility index (Phi) is 2.32. The number of amides is 1. The summed E-state index contributed by atoms with van der Waals surface area (Å²) in [5.41, 5.74) is 1.73. The molecule has 92 valence electrons. The van der Waals surface area contributed by atoms with Crippen molar-refractivity contribution in [1.29, 1.82) is 0 Å². The molecule has 1 atom stereocenters. The Morgan fingerprint density at radius 2 is 2.41 bits per heavy atom. The minimum absolute atomic E-state index is 0.0101. The van der Waals surface area contributed by atoms with Crippen molar-refractivity contribution in [2.75, 3.05) is 30.0 Å². The number of ether oxygens (including phenoxy) is 1. The Bertz CT molecular complexity index is 468. The fourth-order valence-electron chi connectivity index (χ4n) is 2.51. The summed E-state index contributed by atoms with van der Waals surface area (Å²) in [4.78, 5) is 14.1. The van der Waals surface area contributed by atoms with E-state index in [0.717, 1.165) is 30.3 Å². The van der Waals surface area contributed by atoms with Crippen LogP contribution in [0.1, 0.15) is 12.6 Å². The number of rotatable bonds is 1. The first-order valence-electron chi connectivity index (χ1n) is 5.95. The summed E-state index contributed by atoms with van der Waals surface area (Å²) in [5.74, 6) is 1.04. The van der Waals surface area contributed by atoms with E-state index in [2.05, 4.69) is 22.2 Å². The third-order valence-corrected chi connectivity index (χ3v) is 3.35. The molecule has 0 spiro atoms. The molecule has 1 saturated heterocycles. The first-order chi connectivity index (χ1) is 8.22. The topological polar surface area (TPSA) is 59.4 Å². The van der Waals surface area contributed by atoms with Gasteiger partial charge in [-0.3, -0.25) is 4.79 Å². The zero-order valence-electron chi connectivity index (χ0n) is 10.1. The molecule has 6 nitrogen and oxygen atoms in total. The van der Waals surface area contributed by atoms with Crippen LogP contribution in [0.2, 0.25) is 0 Å². The molecule has 1 fully saturated rings. The van der Waals surface area contributed by atoms with Gasteiger partial charge in [-0.25, -0.2) is 4.68 Å². The number of nitrogens with one attached hydrogen (secondary N) is 1. The Hall–Kier alpha value is -1.56. The van der Waals surface area contributed by atoms with Gasteiger partial charge in [-0.2, -0.15) is 5.10 Å². The van der Waals surface area contributed by atoms with Crippen molar-refractivity contribution in [3.05, 3.63) is 5.69 Å². The van der Waals surface area contributed by atoms with Gasteiger partial charge in [-0.1, -0.05) is 0 Å². The van der Waals surface area contributed by atoms with Crippen LogP contribution in [0.3, 0.4) is 0 Å². The van der Waals surface area contributed by atoms with Gasteiger partial charge < -0.3 is 15.0 Å². The maximum atomic E-state index is 12.0. The number of hydrogen-bond acceptors (Lipinski definition) is 4. The number of anilines is 2. The third kappa shape index (κ3) is 1.44. The number of carbonyl (C=O) groups excluding carboxylic acids is 1. The van der Waals surface area contributed by atoms with E-state index < -0.39 is 0 Å². The zero-order valence-corrected chi connectivity index (χ0v) is 10.1. The van der Waals surface area contributed by atoms with E-state index in [4.69, 9.17) is 4.74 Å². The van der Waals surface area contributed by atoms with Gasteiger partial charge in [0.05, 0.1) is 18.9 Å². The van der Waals surface area contributed by atoms with Crippen molar-refractivity contribution >= 4 is 17.4 Å². The number of aromatic nitrogens is 2. The van der Waals surface area contributed by atoms with E-state index in [-0.39, 0.29) is 11.9 Å². The number of carbonyl (C=O) groups is 1. The Labute approximate surface area is 99.5 Å². The van der Waals surface area contributed by atoms with E-state index in [0.29, 0.717) is 13.2 Å². The van der Waals surface area contributed by atoms with Gasteiger partial charge in [-0.05, 0) is 13.8 Å². The summed E-state index contributed by atoms with van der Waals surface area (Å²) < 4.78 is 7.32. The molecule has 1 aromatic rings. The highest BCUT2D eigenvalue weighted by molar-refractivity contribution is 6.03.